The molecule has 0 spiro atoms. The van der Waals surface area contributed by atoms with Crippen molar-refractivity contribution < 1.29 is 27.5 Å². The molecule has 0 fully saturated rings. The molecule has 0 saturated heterocycles. The van der Waals surface area contributed by atoms with E-state index < -0.39 is 29.2 Å². The van der Waals surface area contributed by atoms with E-state index in [2.05, 4.69) is 10.3 Å². The summed E-state index contributed by atoms with van der Waals surface area (Å²) in [6.45, 7) is 5.44. The minimum atomic E-state index is -4.51. The Kier molecular flexibility index (Phi) is 7.81. The van der Waals surface area contributed by atoms with Crippen LogP contribution >= 0.6 is 0 Å². The molecule has 3 aromatic carbocycles. The predicted octanol–water partition coefficient (Wildman–Crippen LogP) is 6.10. The lowest BCUT2D eigenvalue weighted by Crippen LogP contribution is -2.58. The van der Waals surface area contributed by atoms with Crippen LogP contribution in [0.2, 0.25) is 0 Å². The maximum atomic E-state index is 13.8. The summed E-state index contributed by atoms with van der Waals surface area (Å²) >= 11 is 0. The molecule has 6 nitrogen and oxygen atoms in total. The molecule has 0 aromatic heterocycles. The summed E-state index contributed by atoms with van der Waals surface area (Å²) < 4.78 is 44.9. The molecular weight excluding hydrogens is 507 g/mol. The molecular formula is C30H30F3N3O3. The van der Waals surface area contributed by atoms with Gasteiger partial charge in [0, 0.05) is 12.0 Å². The third-order valence-electron chi connectivity index (χ3n) is 6.21. The van der Waals surface area contributed by atoms with E-state index in [4.69, 9.17) is 4.74 Å². The van der Waals surface area contributed by atoms with E-state index in [1.807, 2.05) is 45.0 Å². The second-order valence-corrected chi connectivity index (χ2v) is 10.3. The van der Waals surface area contributed by atoms with E-state index in [0.717, 1.165) is 17.7 Å². The quantitative estimate of drug-likeness (QED) is 0.413. The summed E-state index contributed by atoms with van der Waals surface area (Å²) in [5.41, 5.74) is 0.901. The van der Waals surface area contributed by atoms with E-state index in [0.29, 0.717) is 29.1 Å². The normalized spacial score (nSPS) is 15.3. The molecule has 0 bridgehead atoms. The average molecular weight is 538 g/mol. The van der Waals surface area contributed by atoms with Gasteiger partial charge in [-0.05, 0) is 74.7 Å². The molecule has 0 aliphatic carbocycles. The Morgan fingerprint density at radius 1 is 0.949 bits per heavy atom. The minimum absolute atomic E-state index is 0.0975. The second-order valence-electron chi connectivity index (χ2n) is 10.3. The molecule has 4 rings (SSSR count). The number of anilines is 1. The van der Waals surface area contributed by atoms with Crippen molar-refractivity contribution in [2.24, 2.45) is 4.99 Å². The fraction of sp³-hybridized carbons (Fsp3) is 0.300. The summed E-state index contributed by atoms with van der Waals surface area (Å²) in [7, 11) is 1.57. The zero-order valence-electron chi connectivity index (χ0n) is 22.2. The number of carbonyl (C=O) groups excluding carboxylic acids is 2. The van der Waals surface area contributed by atoms with Crippen LogP contribution < -0.4 is 15.0 Å². The summed E-state index contributed by atoms with van der Waals surface area (Å²) in [5, 5.41) is 2.92. The van der Waals surface area contributed by atoms with Gasteiger partial charge in [-0.25, -0.2) is 4.99 Å². The number of aliphatic imine (C=N–C) groups is 1. The summed E-state index contributed by atoms with van der Waals surface area (Å²) in [5.74, 6) is -0.0913. The van der Waals surface area contributed by atoms with Gasteiger partial charge in [0.25, 0.3) is 0 Å². The van der Waals surface area contributed by atoms with Crippen molar-refractivity contribution >= 4 is 28.9 Å². The Hall–Kier alpha value is -4.14. The number of alkyl halides is 3. The fourth-order valence-electron chi connectivity index (χ4n) is 4.39. The second kappa shape index (κ2) is 10.9. The van der Waals surface area contributed by atoms with Crippen LogP contribution in [0.1, 0.15) is 43.9 Å². The molecule has 204 valence electrons. The molecule has 1 atom stereocenters. The zero-order valence-corrected chi connectivity index (χ0v) is 22.2. The first-order valence-corrected chi connectivity index (χ1v) is 12.5. The van der Waals surface area contributed by atoms with Crippen LogP contribution in [0.15, 0.2) is 77.8 Å². The third-order valence-corrected chi connectivity index (χ3v) is 6.21. The van der Waals surface area contributed by atoms with Gasteiger partial charge in [-0.1, -0.05) is 36.4 Å². The lowest BCUT2D eigenvalue weighted by Gasteiger charge is -2.37. The van der Waals surface area contributed by atoms with Crippen molar-refractivity contribution in [2.45, 2.75) is 51.4 Å². The lowest BCUT2D eigenvalue weighted by molar-refractivity contribution is -0.137. The topological polar surface area (TPSA) is 71.0 Å². The maximum Gasteiger partial charge on any atom is 0.416 e. The zero-order chi connectivity index (χ0) is 28.4. The molecule has 0 radical (unpaired) electrons. The summed E-state index contributed by atoms with van der Waals surface area (Å²) in [4.78, 5) is 33.6. The Bertz CT molecular complexity index is 1380. The van der Waals surface area contributed by atoms with Crippen molar-refractivity contribution in [3.63, 3.8) is 0 Å². The van der Waals surface area contributed by atoms with Crippen LogP contribution in [0.4, 0.5) is 24.5 Å². The number of halogens is 3. The van der Waals surface area contributed by atoms with E-state index in [1.165, 1.54) is 17.0 Å². The first-order chi connectivity index (χ1) is 18.4. The summed E-state index contributed by atoms with van der Waals surface area (Å²) in [6, 6.07) is 17.6. The lowest BCUT2D eigenvalue weighted by atomic mass is 9.94. The number of para-hydroxylation sites is 2. The van der Waals surface area contributed by atoms with Crippen LogP contribution in [0.25, 0.3) is 0 Å². The number of amides is 2. The van der Waals surface area contributed by atoms with Crippen molar-refractivity contribution in [3.05, 3.63) is 89.5 Å². The smallest absolute Gasteiger partial charge is 0.416 e. The molecule has 1 heterocycles. The van der Waals surface area contributed by atoms with E-state index in [-0.39, 0.29) is 18.0 Å². The van der Waals surface area contributed by atoms with Crippen molar-refractivity contribution in [3.8, 4) is 5.75 Å². The van der Waals surface area contributed by atoms with Gasteiger partial charge >= 0.3 is 6.18 Å². The van der Waals surface area contributed by atoms with Crippen molar-refractivity contribution in [2.75, 3.05) is 12.0 Å². The molecule has 3 aromatic rings. The minimum Gasteiger partial charge on any atom is -0.497 e. The number of methoxy groups -OCH3 is 1. The third kappa shape index (κ3) is 6.47. The van der Waals surface area contributed by atoms with Gasteiger partial charge in [0.15, 0.2) is 6.04 Å². The molecule has 1 aliphatic rings. The standard InChI is InChI=1S/C30H30F3N3O3/c1-29(2,3)35-28(38)27-26(20-12-14-21(15-13-20)30(31,32)33)34-23-7-5-6-8-24(23)36(27)25(37)18-11-19-9-16-22(39-4)17-10-19/h5-10,12-17,27H,11,18H2,1-4H3,(H,35,38). The first kappa shape index (κ1) is 27.9. The highest BCUT2D eigenvalue weighted by Crippen LogP contribution is 2.37. The number of nitrogens with zero attached hydrogens (tertiary/aromatic N) is 2. The summed E-state index contributed by atoms with van der Waals surface area (Å²) in [6.07, 6.45) is -3.99. The monoisotopic (exact) mass is 537 g/mol. The van der Waals surface area contributed by atoms with Crippen LogP contribution in [-0.4, -0.2) is 36.2 Å². The van der Waals surface area contributed by atoms with Gasteiger partial charge in [-0.15, -0.1) is 0 Å². The van der Waals surface area contributed by atoms with E-state index in [1.54, 1.807) is 31.4 Å². The van der Waals surface area contributed by atoms with Crippen LogP contribution in [0.5, 0.6) is 5.75 Å². The molecule has 9 heteroatoms. The number of carbonyl (C=O) groups is 2. The SMILES string of the molecule is COc1ccc(CCC(=O)N2c3ccccc3N=C(c3ccc(C(F)(F)F)cc3)C2C(=O)NC(C)(C)C)cc1. The molecule has 1 aliphatic heterocycles. The Morgan fingerprint density at radius 3 is 2.18 bits per heavy atom. The number of hydrogen-bond acceptors (Lipinski definition) is 4. The number of ether oxygens (including phenoxy) is 1. The Balaban J connectivity index is 1.75. The molecule has 0 saturated carbocycles. The van der Waals surface area contributed by atoms with Gasteiger partial charge < -0.3 is 10.1 Å². The van der Waals surface area contributed by atoms with Crippen LogP contribution in [-0.2, 0) is 22.2 Å². The number of benzene rings is 3. The Morgan fingerprint density at radius 2 is 1.59 bits per heavy atom. The molecule has 2 amide bonds. The van der Waals surface area contributed by atoms with Crippen LogP contribution in [0.3, 0.4) is 0 Å². The van der Waals surface area contributed by atoms with Gasteiger partial charge in [0.2, 0.25) is 11.8 Å². The molecule has 1 unspecified atom stereocenters. The fourth-order valence-corrected chi connectivity index (χ4v) is 4.39. The first-order valence-electron chi connectivity index (χ1n) is 12.5. The maximum absolute atomic E-state index is 13.8. The van der Waals surface area contributed by atoms with Gasteiger partial charge in [-0.2, -0.15) is 13.2 Å². The van der Waals surface area contributed by atoms with Gasteiger partial charge in [-0.3, -0.25) is 14.5 Å². The average Bonchev–Trinajstić information content (AvgIpc) is 2.89. The van der Waals surface area contributed by atoms with Crippen molar-refractivity contribution in [1.29, 1.82) is 0 Å². The highest BCUT2D eigenvalue weighted by Gasteiger charge is 2.41. The number of hydrogen-bond donors (Lipinski definition) is 1. The largest absolute Gasteiger partial charge is 0.497 e. The van der Waals surface area contributed by atoms with Crippen molar-refractivity contribution in [1.82, 2.24) is 5.32 Å². The number of fused-ring (bicyclic) bond motifs is 1. The number of rotatable bonds is 6. The van der Waals surface area contributed by atoms with Crippen LogP contribution in [0, 0.1) is 0 Å². The van der Waals surface area contributed by atoms with E-state index in [9.17, 15) is 22.8 Å². The molecule has 1 N–H and O–H groups in total. The van der Waals surface area contributed by atoms with E-state index >= 15 is 0 Å². The van der Waals surface area contributed by atoms with Gasteiger partial charge in [0.1, 0.15) is 5.75 Å². The van der Waals surface area contributed by atoms with Gasteiger partial charge in [0.05, 0.1) is 29.8 Å². The molecule has 39 heavy (non-hydrogen) atoms. The number of aryl methyl sites for hydroxylation is 1. The highest BCUT2D eigenvalue weighted by molar-refractivity contribution is 6.25. The Labute approximate surface area is 225 Å². The highest BCUT2D eigenvalue weighted by atomic mass is 19.4. The predicted molar refractivity (Wildman–Crippen MR) is 145 cm³/mol. The number of nitrogens with one attached hydrogen (secondary N) is 1.